The molecule has 0 spiro atoms. The lowest BCUT2D eigenvalue weighted by Crippen LogP contribution is -2.34. The predicted octanol–water partition coefficient (Wildman–Crippen LogP) is 2.82. The maximum atomic E-state index is 13.7. The molecular formula is C14H17BrFNO2. The van der Waals surface area contributed by atoms with E-state index in [0.717, 1.165) is 19.3 Å². The number of carbonyl (C=O) groups excluding carboxylic acids is 1. The lowest BCUT2D eigenvalue weighted by atomic mass is 10.1. The molecule has 0 bridgehead atoms. The summed E-state index contributed by atoms with van der Waals surface area (Å²) in [5, 5.41) is 9.77. The topological polar surface area (TPSA) is 40.5 Å². The molecule has 1 amide bonds. The minimum Gasteiger partial charge on any atom is -0.393 e. The second-order valence-electron chi connectivity index (χ2n) is 5.07. The molecule has 19 heavy (non-hydrogen) atoms. The van der Waals surface area contributed by atoms with E-state index in [1.54, 1.807) is 13.1 Å². The van der Waals surface area contributed by atoms with Crippen LogP contribution in [0.15, 0.2) is 22.7 Å². The first-order valence-electron chi connectivity index (χ1n) is 6.37. The van der Waals surface area contributed by atoms with Crippen molar-refractivity contribution in [3.63, 3.8) is 0 Å². The highest BCUT2D eigenvalue weighted by molar-refractivity contribution is 9.10. The van der Waals surface area contributed by atoms with Crippen molar-refractivity contribution in [2.75, 3.05) is 13.6 Å². The van der Waals surface area contributed by atoms with E-state index in [4.69, 9.17) is 0 Å². The van der Waals surface area contributed by atoms with Gasteiger partial charge in [-0.1, -0.05) is 22.4 Å². The van der Waals surface area contributed by atoms with Gasteiger partial charge in [0.05, 0.1) is 11.7 Å². The average molecular weight is 330 g/mol. The summed E-state index contributed by atoms with van der Waals surface area (Å²) >= 11 is 3.23. The Labute approximate surface area is 120 Å². The molecule has 1 fully saturated rings. The van der Waals surface area contributed by atoms with E-state index in [1.165, 1.54) is 17.0 Å². The van der Waals surface area contributed by atoms with Crippen LogP contribution in [0.25, 0.3) is 0 Å². The van der Waals surface area contributed by atoms with Gasteiger partial charge in [0.25, 0.3) is 5.91 Å². The summed E-state index contributed by atoms with van der Waals surface area (Å²) in [6.45, 7) is 0.464. The Kier molecular flexibility index (Phi) is 4.58. The Hall–Kier alpha value is -0.940. The molecule has 2 unspecified atom stereocenters. The highest BCUT2D eigenvalue weighted by Gasteiger charge is 2.28. The molecule has 0 aliphatic heterocycles. The van der Waals surface area contributed by atoms with Crippen LogP contribution in [0.3, 0.4) is 0 Å². The van der Waals surface area contributed by atoms with Gasteiger partial charge >= 0.3 is 0 Å². The highest BCUT2D eigenvalue weighted by atomic mass is 79.9. The lowest BCUT2D eigenvalue weighted by Gasteiger charge is -2.23. The fourth-order valence-corrected chi connectivity index (χ4v) is 2.89. The molecule has 2 atom stereocenters. The summed E-state index contributed by atoms with van der Waals surface area (Å²) in [7, 11) is 1.65. The third kappa shape index (κ3) is 3.34. The molecular weight excluding hydrogens is 313 g/mol. The zero-order valence-electron chi connectivity index (χ0n) is 10.8. The Balaban J connectivity index is 2.08. The molecule has 2 rings (SSSR count). The molecule has 5 heteroatoms. The number of nitrogens with zero attached hydrogens (tertiary/aromatic N) is 1. The molecule has 1 aliphatic carbocycles. The zero-order chi connectivity index (χ0) is 14.0. The van der Waals surface area contributed by atoms with E-state index in [9.17, 15) is 14.3 Å². The standard InChI is InChI=1S/C14H17BrFNO2/c1-17(8-9-3-2-4-13(9)18)14(19)11-7-10(15)5-6-12(11)16/h5-7,9,13,18H,2-4,8H2,1H3. The number of rotatable bonds is 3. The summed E-state index contributed by atoms with van der Waals surface area (Å²) in [4.78, 5) is 13.7. The summed E-state index contributed by atoms with van der Waals surface area (Å²) < 4.78 is 14.3. The molecule has 0 heterocycles. The first kappa shape index (κ1) is 14.5. The Morgan fingerprint density at radius 3 is 2.89 bits per heavy atom. The van der Waals surface area contributed by atoms with Gasteiger partial charge in [-0.3, -0.25) is 4.79 Å². The zero-order valence-corrected chi connectivity index (χ0v) is 12.4. The molecule has 0 aromatic heterocycles. The maximum absolute atomic E-state index is 13.7. The Bertz CT molecular complexity index is 481. The van der Waals surface area contributed by atoms with Crippen molar-refractivity contribution in [2.45, 2.75) is 25.4 Å². The number of aliphatic hydroxyl groups excluding tert-OH is 1. The second-order valence-corrected chi connectivity index (χ2v) is 5.98. The minimum atomic E-state index is -0.521. The third-order valence-corrected chi connectivity index (χ3v) is 4.13. The second kappa shape index (κ2) is 6.01. The smallest absolute Gasteiger partial charge is 0.256 e. The van der Waals surface area contributed by atoms with Crippen molar-refractivity contribution in [2.24, 2.45) is 5.92 Å². The Morgan fingerprint density at radius 2 is 2.26 bits per heavy atom. The number of aliphatic hydroxyl groups is 1. The number of hydrogen-bond donors (Lipinski definition) is 1. The quantitative estimate of drug-likeness (QED) is 0.926. The monoisotopic (exact) mass is 329 g/mol. The van der Waals surface area contributed by atoms with Crippen LogP contribution < -0.4 is 0 Å². The van der Waals surface area contributed by atoms with Crippen LogP contribution in [0.2, 0.25) is 0 Å². The number of benzene rings is 1. The van der Waals surface area contributed by atoms with E-state index in [1.807, 2.05) is 0 Å². The van der Waals surface area contributed by atoms with Gasteiger partial charge < -0.3 is 10.0 Å². The van der Waals surface area contributed by atoms with E-state index < -0.39 is 5.82 Å². The van der Waals surface area contributed by atoms with Gasteiger partial charge in [0.15, 0.2) is 0 Å². The number of amides is 1. The number of carbonyl (C=O) groups is 1. The van der Waals surface area contributed by atoms with Crippen LogP contribution in [-0.4, -0.2) is 35.6 Å². The van der Waals surface area contributed by atoms with Crippen LogP contribution in [0.4, 0.5) is 4.39 Å². The summed E-state index contributed by atoms with van der Waals surface area (Å²) in [5.41, 5.74) is 0.0596. The van der Waals surface area contributed by atoms with Crippen molar-refractivity contribution in [3.05, 3.63) is 34.1 Å². The van der Waals surface area contributed by atoms with Crippen LogP contribution >= 0.6 is 15.9 Å². The van der Waals surface area contributed by atoms with Gasteiger partial charge in [0.2, 0.25) is 0 Å². The van der Waals surface area contributed by atoms with E-state index in [2.05, 4.69) is 15.9 Å². The molecule has 0 saturated heterocycles. The first-order valence-corrected chi connectivity index (χ1v) is 7.17. The van der Waals surface area contributed by atoms with Gasteiger partial charge in [-0.05, 0) is 31.0 Å². The molecule has 1 aliphatic rings. The summed E-state index contributed by atoms with van der Waals surface area (Å²) in [6, 6.07) is 4.32. The molecule has 1 aromatic carbocycles. The minimum absolute atomic E-state index is 0.0596. The van der Waals surface area contributed by atoms with E-state index in [0.29, 0.717) is 11.0 Å². The third-order valence-electron chi connectivity index (χ3n) is 3.63. The molecule has 0 radical (unpaired) electrons. The van der Waals surface area contributed by atoms with Crippen molar-refractivity contribution >= 4 is 21.8 Å². The van der Waals surface area contributed by atoms with Crippen LogP contribution in [0.5, 0.6) is 0 Å². The summed E-state index contributed by atoms with van der Waals surface area (Å²) in [5.74, 6) is -0.769. The lowest BCUT2D eigenvalue weighted by molar-refractivity contribution is 0.0689. The van der Waals surface area contributed by atoms with Crippen molar-refractivity contribution in [3.8, 4) is 0 Å². The first-order chi connectivity index (χ1) is 8.99. The van der Waals surface area contributed by atoms with Gasteiger partial charge in [0.1, 0.15) is 5.82 Å². The molecule has 1 saturated carbocycles. The van der Waals surface area contributed by atoms with Gasteiger partial charge in [-0.25, -0.2) is 4.39 Å². The van der Waals surface area contributed by atoms with Gasteiger partial charge in [0, 0.05) is 24.0 Å². The number of hydrogen-bond acceptors (Lipinski definition) is 2. The molecule has 1 N–H and O–H groups in total. The molecule has 3 nitrogen and oxygen atoms in total. The summed E-state index contributed by atoms with van der Waals surface area (Å²) in [6.07, 6.45) is 2.35. The van der Waals surface area contributed by atoms with Crippen molar-refractivity contribution in [1.29, 1.82) is 0 Å². The molecule has 104 valence electrons. The van der Waals surface area contributed by atoms with Gasteiger partial charge in [-0.15, -0.1) is 0 Å². The predicted molar refractivity (Wildman–Crippen MR) is 74.4 cm³/mol. The largest absolute Gasteiger partial charge is 0.393 e. The normalized spacial score (nSPS) is 22.5. The molecule has 1 aromatic rings. The maximum Gasteiger partial charge on any atom is 0.256 e. The Morgan fingerprint density at radius 1 is 1.53 bits per heavy atom. The fraction of sp³-hybridized carbons (Fsp3) is 0.500. The van der Waals surface area contributed by atoms with Crippen LogP contribution in [0, 0.1) is 11.7 Å². The average Bonchev–Trinajstić information content (AvgIpc) is 2.77. The number of halogens is 2. The van der Waals surface area contributed by atoms with Crippen molar-refractivity contribution in [1.82, 2.24) is 4.90 Å². The van der Waals surface area contributed by atoms with Gasteiger partial charge in [-0.2, -0.15) is 0 Å². The van der Waals surface area contributed by atoms with E-state index >= 15 is 0 Å². The van der Waals surface area contributed by atoms with Crippen molar-refractivity contribution < 1.29 is 14.3 Å². The SMILES string of the molecule is CN(CC1CCCC1O)C(=O)c1cc(Br)ccc1F. The van der Waals surface area contributed by atoms with Crippen LogP contribution in [0.1, 0.15) is 29.6 Å². The fourth-order valence-electron chi connectivity index (χ4n) is 2.53. The highest BCUT2D eigenvalue weighted by Crippen LogP contribution is 2.26. The van der Waals surface area contributed by atoms with E-state index in [-0.39, 0.29) is 23.5 Å². The van der Waals surface area contributed by atoms with Crippen LogP contribution in [-0.2, 0) is 0 Å².